The molecule has 0 aromatic rings. The molecule has 0 spiro atoms. The lowest BCUT2D eigenvalue weighted by molar-refractivity contribution is 0.0205. The van der Waals surface area contributed by atoms with Gasteiger partial charge in [-0.05, 0) is 38.0 Å². The van der Waals surface area contributed by atoms with E-state index in [2.05, 4.69) is 11.4 Å². The molecule has 0 aromatic heterocycles. The van der Waals surface area contributed by atoms with Gasteiger partial charge in [-0.25, -0.2) is 0 Å². The van der Waals surface area contributed by atoms with Crippen LogP contribution in [0.2, 0.25) is 0 Å². The largest absolute Gasteiger partial charge is 0.382 e. The molecule has 0 radical (unpaired) electrons. The SMILES string of the molecule is COCCOCCOCCC1CCCC1(C#N)NC1CC1. The highest BCUT2D eigenvalue weighted by molar-refractivity contribution is 5.16. The topological polar surface area (TPSA) is 63.5 Å². The minimum absolute atomic E-state index is 0.292. The van der Waals surface area contributed by atoms with Crippen molar-refractivity contribution in [1.29, 1.82) is 5.26 Å². The molecule has 0 aromatic carbocycles. The van der Waals surface area contributed by atoms with Crippen LogP contribution in [0.4, 0.5) is 0 Å². The molecule has 0 bridgehead atoms. The van der Waals surface area contributed by atoms with E-state index in [9.17, 15) is 5.26 Å². The summed E-state index contributed by atoms with van der Waals surface area (Å²) in [4.78, 5) is 0. The molecule has 0 aliphatic heterocycles. The standard InChI is InChI=1S/C16H28N2O3/c1-19-9-10-21-12-11-20-8-6-14-3-2-7-16(14,13-17)18-15-4-5-15/h14-15,18H,2-12H2,1H3. The van der Waals surface area contributed by atoms with Crippen LogP contribution >= 0.6 is 0 Å². The summed E-state index contributed by atoms with van der Waals surface area (Å²) in [6.07, 6.45) is 6.70. The Hall–Kier alpha value is -0.670. The van der Waals surface area contributed by atoms with Gasteiger partial charge >= 0.3 is 0 Å². The number of nitrogens with zero attached hydrogens (tertiary/aromatic N) is 1. The fourth-order valence-corrected chi connectivity index (χ4v) is 3.12. The average Bonchev–Trinajstić information content (AvgIpc) is 3.22. The molecule has 2 fully saturated rings. The van der Waals surface area contributed by atoms with Crippen LogP contribution in [0, 0.1) is 17.2 Å². The molecule has 2 aliphatic rings. The molecule has 2 unspecified atom stereocenters. The Morgan fingerprint density at radius 2 is 1.81 bits per heavy atom. The van der Waals surface area contributed by atoms with Gasteiger partial charge < -0.3 is 14.2 Å². The summed E-state index contributed by atoms with van der Waals surface area (Å²) < 4.78 is 15.9. The zero-order chi connectivity index (χ0) is 15.0. The van der Waals surface area contributed by atoms with E-state index in [0.717, 1.165) is 25.7 Å². The molecular formula is C16H28N2O3. The van der Waals surface area contributed by atoms with Gasteiger partial charge in [-0.3, -0.25) is 5.32 Å². The lowest BCUT2D eigenvalue weighted by Gasteiger charge is -2.30. The number of rotatable bonds is 11. The fraction of sp³-hybridized carbons (Fsp3) is 0.938. The number of hydrogen-bond acceptors (Lipinski definition) is 5. The van der Waals surface area contributed by atoms with Crippen molar-refractivity contribution in [2.45, 2.75) is 50.1 Å². The van der Waals surface area contributed by atoms with E-state index in [4.69, 9.17) is 14.2 Å². The van der Waals surface area contributed by atoms with E-state index in [-0.39, 0.29) is 5.54 Å². The molecule has 2 saturated carbocycles. The van der Waals surface area contributed by atoms with Crippen LogP contribution in [-0.2, 0) is 14.2 Å². The molecule has 2 atom stereocenters. The summed E-state index contributed by atoms with van der Waals surface area (Å²) in [5, 5.41) is 13.2. The number of nitrogens with one attached hydrogen (secondary N) is 1. The Morgan fingerprint density at radius 1 is 1.10 bits per heavy atom. The van der Waals surface area contributed by atoms with E-state index >= 15 is 0 Å². The number of ether oxygens (including phenoxy) is 3. The number of hydrogen-bond donors (Lipinski definition) is 1. The number of methoxy groups -OCH3 is 1. The third-order valence-electron chi connectivity index (χ3n) is 4.47. The molecule has 1 N–H and O–H groups in total. The highest BCUT2D eigenvalue weighted by atomic mass is 16.5. The maximum absolute atomic E-state index is 9.60. The van der Waals surface area contributed by atoms with Crippen LogP contribution < -0.4 is 5.32 Å². The molecule has 0 saturated heterocycles. The van der Waals surface area contributed by atoms with Gasteiger partial charge in [0.15, 0.2) is 0 Å². The van der Waals surface area contributed by atoms with Crippen molar-refractivity contribution in [3.8, 4) is 6.07 Å². The fourth-order valence-electron chi connectivity index (χ4n) is 3.12. The van der Waals surface area contributed by atoms with Gasteiger partial charge in [-0.1, -0.05) is 6.42 Å². The average molecular weight is 296 g/mol. The first-order chi connectivity index (χ1) is 10.3. The maximum atomic E-state index is 9.60. The molecule has 0 heterocycles. The van der Waals surface area contributed by atoms with Crippen LogP contribution in [0.5, 0.6) is 0 Å². The smallest absolute Gasteiger partial charge is 0.109 e. The van der Waals surface area contributed by atoms with E-state index in [1.165, 1.54) is 12.8 Å². The summed E-state index contributed by atoms with van der Waals surface area (Å²) in [6, 6.07) is 3.15. The maximum Gasteiger partial charge on any atom is 0.109 e. The second-order valence-electron chi connectivity index (χ2n) is 6.10. The van der Waals surface area contributed by atoms with Gasteiger partial charge in [0, 0.05) is 19.8 Å². The van der Waals surface area contributed by atoms with Crippen LogP contribution in [0.25, 0.3) is 0 Å². The molecule has 21 heavy (non-hydrogen) atoms. The van der Waals surface area contributed by atoms with E-state index < -0.39 is 0 Å². The first-order valence-electron chi connectivity index (χ1n) is 8.14. The van der Waals surface area contributed by atoms with Crippen molar-refractivity contribution < 1.29 is 14.2 Å². The second kappa shape index (κ2) is 8.70. The Balaban J connectivity index is 1.59. The molecule has 0 amide bonds. The summed E-state index contributed by atoms with van der Waals surface area (Å²) in [5.41, 5.74) is -0.292. The van der Waals surface area contributed by atoms with Crippen molar-refractivity contribution in [3.05, 3.63) is 0 Å². The second-order valence-corrected chi connectivity index (χ2v) is 6.10. The van der Waals surface area contributed by atoms with Gasteiger partial charge in [0.05, 0.1) is 32.5 Å². The molecular weight excluding hydrogens is 268 g/mol. The Kier molecular flexibility index (Phi) is 6.91. The monoisotopic (exact) mass is 296 g/mol. The minimum Gasteiger partial charge on any atom is -0.382 e. The predicted octanol–water partition coefficient (Wildman–Crippen LogP) is 1.87. The number of nitriles is 1. The minimum atomic E-state index is -0.292. The lowest BCUT2D eigenvalue weighted by Crippen LogP contribution is -2.48. The predicted molar refractivity (Wildman–Crippen MR) is 80.0 cm³/mol. The summed E-state index contributed by atoms with van der Waals surface area (Å²) in [5.74, 6) is 0.428. The highest BCUT2D eigenvalue weighted by Gasteiger charge is 2.45. The lowest BCUT2D eigenvalue weighted by atomic mass is 9.86. The van der Waals surface area contributed by atoms with Gasteiger partial charge in [0.1, 0.15) is 5.54 Å². The van der Waals surface area contributed by atoms with Crippen molar-refractivity contribution in [2.75, 3.05) is 40.1 Å². The van der Waals surface area contributed by atoms with Crippen molar-refractivity contribution >= 4 is 0 Å². The Bertz CT molecular complexity index is 341. The zero-order valence-electron chi connectivity index (χ0n) is 13.1. The van der Waals surface area contributed by atoms with E-state index in [1.807, 2.05) is 0 Å². The summed E-state index contributed by atoms with van der Waals surface area (Å²) >= 11 is 0. The van der Waals surface area contributed by atoms with E-state index in [1.54, 1.807) is 7.11 Å². The van der Waals surface area contributed by atoms with E-state index in [0.29, 0.717) is 45.0 Å². The van der Waals surface area contributed by atoms with Crippen molar-refractivity contribution in [2.24, 2.45) is 5.92 Å². The quantitative estimate of drug-likeness (QED) is 0.590. The first-order valence-corrected chi connectivity index (χ1v) is 8.14. The Labute approximate surface area is 127 Å². The molecule has 5 nitrogen and oxygen atoms in total. The zero-order valence-corrected chi connectivity index (χ0v) is 13.1. The van der Waals surface area contributed by atoms with Crippen LogP contribution in [0.15, 0.2) is 0 Å². The van der Waals surface area contributed by atoms with Crippen molar-refractivity contribution in [1.82, 2.24) is 5.32 Å². The summed E-state index contributed by atoms with van der Waals surface area (Å²) in [7, 11) is 1.67. The van der Waals surface area contributed by atoms with Gasteiger partial charge in [-0.15, -0.1) is 0 Å². The van der Waals surface area contributed by atoms with Crippen molar-refractivity contribution in [3.63, 3.8) is 0 Å². The highest BCUT2D eigenvalue weighted by Crippen LogP contribution is 2.40. The molecule has 2 rings (SSSR count). The summed E-state index contributed by atoms with van der Waals surface area (Å²) in [6.45, 7) is 3.18. The molecule has 2 aliphatic carbocycles. The van der Waals surface area contributed by atoms with Crippen LogP contribution in [0.1, 0.15) is 38.5 Å². The first kappa shape index (κ1) is 16.7. The van der Waals surface area contributed by atoms with Crippen LogP contribution in [0.3, 0.4) is 0 Å². The molecule has 120 valence electrons. The van der Waals surface area contributed by atoms with Gasteiger partial charge in [0.25, 0.3) is 0 Å². The Morgan fingerprint density at radius 3 is 2.48 bits per heavy atom. The third-order valence-corrected chi connectivity index (χ3v) is 4.47. The van der Waals surface area contributed by atoms with Crippen LogP contribution in [-0.4, -0.2) is 51.7 Å². The normalized spacial score (nSPS) is 28.7. The molecule has 5 heteroatoms. The van der Waals surface area contributed by atoms with Gasteiger partial charge in [0.2, 0.25) is 0 Å². The van der Waals surface area contributed by atoms with Gasteiger partial charge in [-0.2, -0.15) is 5.26 Å². The third kappa shape index (κ3) is 5.23.